The molecule has 0 bridgehead atoms. The van der Waals surface area contributed by atoms with E-state index in [4.69, 9.17) is 4.52 Å². The van der Waals surface area contributed by atoms with E-state index in [9.17, 15) is 4.79 Å². The summed E-state index contributed by atoms with van der Waals surface area (Å²) in [4.78, 5) is 18.4. The zero-order chi connectivity index (χ0) is 15.7. The van der Waals surface area contributed by atoms with Crippen LogP contribution in [0.1, 0.15) is 53.2 Å². The lowest BCUT2D eigenvalue weighted by Crippen LogP contribution is -2.31. The van der Waals surface area contributed by atoms with Gasteiger partial charge in [-0.1, -0.05) is 19.0 Å². The normalized spacial score (nSPS) is 15.1. The number of aromatic nitrogens is 4. The minimum atomic E-state index is -0.167. The van der Waals surface area contributed by atoms with E-state index in [0.29, 0.717) is 24.7 Å². The van der Waals surface area contributed by atoms with E-state index >= 15 is 0 Å². The lowest BCUT2D eigenvalue weighted by Gasteiger charge is -2.25. The Morgan fingerprint density at radius 1 is 1.50 bits per heavy atom. The number of carbonyl (C=O) groups excluding carboxylic acids is 1. The average molecular weight is 304 g/mol. The molecule has 3 heterocycles. The second kappa shape index (κ2) is 5.88. The first-order chi connectivity index (χ1) is 10.6. The molecule has 1 amide bonds. The van der Waals surface area contributed by atoms with Gasteiger partial charge >= 0.3 is 0 Å². The van der Waals surface area contributed by atoms with Crippen molar-refractivity contribution in [3.63, 3.8) is 0 Å². The van der Waals surface area contributed by atoms with Gasteiger partial charge in [-0.3, -0.25) is 14.8 Å². The molecule has 0 aromatic carbocycles. The predicted molar refractivity (Wildman–Crippen MR) is 78.2 cm³/mol. The Morgan fingerprint density at radius 2 is 2.32 bits per heavy atom. The summed E-state index contributed by atoms with van der Waals surface area (Å²) in [6.07, 6.45) is 0.824. The van der Waals surface area contributed by atoms with Crippen molar-refractivity contribution in [3.05, 3.63) is 28.7 Å². The molecule has 0 atom stereocenters. The molecular formula is C14H20N6O2. The molecule has 2 N–H and O–H groups in total. The highest BCUT2D eigenvalue weighted by Gasteiger charge is 2.26. The van der Waals surface area contributed by atoms with Gasteiger partial charge < -0.3 is 9.84 Å². The van der Waals surface area contributed by atoms with Crippen molar-refractivity contribution < 1.29 is 9.32 Å². The molecule has 2 aromatic rings. The third kappa shape index (κ3) is 2.74. The van der Waals surface area contributed by atoms with Crippen LogP contribution >= 0.6 is 0 Å². The van der Waals surface area contributed by atoms with Crippen molar-refractivity contribution in [1.29, 1.82) is 0 Å². The van der Waals surface area contributed by atoms with Crippen LogP contribution in [0.15, 0.2) is 4.52 Å². The zero-order valence-electron chi connectivity index (χ0n) is 13.0. The second-order valence-corrected chi connectivity index (χ2v) is 5.77. The minimum absolute atomic E-state index is 0.167. The van der Waals surface area contributed by atoms with Gasteiger partial charge in [-0.05, 0) is 0 Å². The van der Waals surface area contributed by atoms with E-state index in [0.717, 1.165) is 30.0 Å². The summed E-state index contributed by atoms with van der Waals surface area (Å²) in [7, 11) is 1.61. The molecular weight excluding hydrogens is 284 g/mol. The van der Waals surface area contributed by atoms with Crippen LogP contribution in [0.5, 0.6) is 0 Å². The van der Waals surface area contributed by atoms with Gasteiger partial charge in [0.1, 0.15) is 0 Å². The fourth-order valence-electron chi connectivity index (χ4n) is 2.55. The molecule has 3 rings (SSSR count). The van der Waals surface area contributed by atoms with E-state index in [1.165, 1.54) is 0 Å². The van der Waals surface area contributed by atoms with E-state index in [2.05, 4.69) is 30.6 Å². The molecule has 1 aliphatic rings. The number of amides is 1. The van der Waals surface area contributed by atoms with Gasteiger partial charge in [-0.15, -0.1) is 0 Å². The van der Waals surface area contributed by atoms with Crippen LogP contribution in [-0.2, 0) is 19.5 Å². The molecule has 118 valence electrons. The number of aromatic amines is 1. The third-order valence-electron chi connectivity index (χ3n) is 3.81. The average Bonchev–Trinajstić information content (AvgIpc) is 3.13. The Kier molecular flexibility index (Phi) is 3.93. The number of carbonyl (C=O) groups is 1. The highest BCUT2D eigenvalue weighted by atomic mass is 16.5. The minimum Gasteiger partial charge on any atom is -0.354 e. The number of H-pyrrole nitrogens is 1. The maximum absolute atomic E-state index is 11.8. The second-order valence-electron chi connectivity index (χ2n) is 5.77. The highest BCUT2D eigenvalue weighted by Crippen LogP contribution is 2.22. The maximum Gasteiger partial charge on any atom is 0.271 e. The van der Waals surface area contributed by atoms with E-state index in [1.54, 1.807) is 7.05 Å². The smallest absolute Gasteiger partial charge is 0.271 e. The molecule has 0 spiro atoms. The number of nitrogens with zero attached hydrogens (tertiary/aromatic N) is 4. The number of nitrogens with one attached hydrogen (secondary N) is 2. The van der Waals surface area contributed by atoms with Gasteiger partial charge in [0.25, 0.3) is 5.91 Å². The molecule has 8 heteroatoms. The summed E-state index contributed by atoms with van der Waals surface area (Å²) in [5, 5.41) is 13.7. The van der Waals surface area contributed by atoms with Crippen LogP contribution in [0.2, 0.25) is 0 Å². The Morgan fingerprint density at radius 3 is 3.00 bits per heavy atom. The van der Waals surface area contributed by atoms with Crippen molar-refractivity contribution in [2.75, 3.05) is 13.6 Å². The van der Waals surface area contributed by atoms with Crippen molar-refractivity contribution in [2.24, 2.45) is 0 Å². The zero-order valence-corrected chi connectivity index (χ0v) is 13.0. The first-order valence-corrected chi connectivity index (χ1v) is 7.41. The molecule has 0 fully saturated rings. The standard InChI is InChI=1S/C14H20N6O2/c1-8(2)13-16-11(22-19-13)7-20-5-4-10-9(6-20)12(18-17-10)14(21)15-3/h8H,4-7H2,1-3H3,(H,15,21)(H,17,18). The topological polar surface area (TPSA) is 99.9 Å². The van der Waals surface area contributed by atoms with Crippen LogP contribution < -0.4 is 5.32 Å². The molecule has 0 saturated carbocycles. The summed E-state index contributed by atoms with van der Waals surface area (Å²) < 4.78 is 5.29. The lowest BCUT2D eigenvalue weighted by molar-refractivity contribution is 0.0955. The summed E-state index contributed by atoms with van der Waals surface area (Å²) in [6, 6.07) is 0. The largest absolute Gasteiger partial charge is 0.354 e. The van der Waals surface area contributed by atoms with Crippen LogP contribution in [-0.4, -0.2) is 44.7 Å². The third-order valence-corrected chi connectivity index (χ3v) is 3.81. The Hall–Kier alpha value is -2.22. The molecule has 1 aliphatic heterocycles. The summed E-state index contributed by atoms with van der Waals surface area (Å²) in [6.45, 7) is 6.15. The van der Waals surface area contributed by atoms with Gasteiger partial charge in [0, 0.05) is 43.7 Å². The number of fused-ring (bicyclic) bond motifs is 1. The van der Waals surface area contributed by atoms with Crippen molar-refractivity contribution in [3.8, 4) is 0 Å². The van der Waals surface area contributed by atoms with Gasteiger partial charge in [0.2, 0.25) is 5.89 Å². The molecule has 0 unspecified atom stereocenters. The number of rotatable bonds is 4. The molecule has 0 aliphatic carbocycles. The molecule has 0 radical (unpaired) electrons. The SMILES string of the molecule is CNC(=O)c1n[nH]c2c1CN(Cc1nc(C(C)C)no1)CC2. The summed E-state index contributed by atoms with van der Waals surface area (Å²) >= 11 is 0. The Labute approximate surface area is 128 Å². The Balaban J connectivity index is 1.73. The van der Waals surface area contributed by atoms with Crippen molar-refractivity contribution in [2.45, 2.75) is 39.3 Å². The lowest BCUT2D eigenvalue weighted by atomic mass is 10.1. The van der Waals surface area contributed by atoms with E-state index < -0.39 is 0 Å². The van der Waals surface area contributed by atoms with Crippen LogP contribution in [0, 0.1) is 0 Å². The van der Waals surface area contributed by atoms with Crippen molar-refractivity contribution >= 4 is 5.91 Å². The fourth-order valence-corrected chi connectivity index (χ4v) is 2.55. The van der Waals surface area contributed by atoms with Crippen LogP contribution in [0.25, 0.3) is 0 Å². The van der Waals surface area contributed by atoms with Crippen LogP contribution in [0.3, 0.4) is 0 Å². The molecule has 8 nitrogen and oxygen atoms in total. The maximum atomic E-state index is 11.8. The van der Waals surface area contributed by atoms with Crippen LogP contribution in [0.4, 0.5) is 0 Å². The highest BCUT2D eigenvalue weighted by molar-refractivity contribution is 5.93. The monoisotopic (exact) mass is 304 g/mol. The first-order valence-electron chi connectivity index (χ1n) is 7.41. The first kappa shape index (κ1) is 14.7. The molecule has 0 saturated heterocycles. The number of hydrogen-bond acceptors (Lipinski definition) is 6. The predicted octanol–water partition coefficient (Wildman–Crippen LogP) is 0.834. The van der Waals surface area contributed by atoms with Crippen molar-refractivity contribution in [1.82, 2.24) is 30.6 Å². The van der Waals surface area contributed by atoms with Gasteiger partial charge in [0.15, 0.2) is 11.5 Å². The molecule has 22 heavy (non-hydrogen) atoms. The summed E-state index contributed by atoms with van der Waals surface area (Å²) in [5.41, 5.74) is 2.45. The van der Waals surface area contributed by atoms with E-state index in [1.807, 2.05) is 13.8 Å². The summed E-state index contributed by atoms with van der Waals surface area (Å²) in [5.74, 6) is 1.41. The van der Waals surface area contributed by atoms with E-state index in [-0.39, 0.29) is 11.8 Å². The molecule has 2 aromatic heterocycles. The Bertz CT molecular complexity index is 675. The van der Waals surface area contributed by atoms with Gasteiger partial charge in [0.05, 0.1) is 6.54 Å². The van der Waals surface area contributed by atoms with Gasteiger partial charge in [-0.25, -0.2) is 0 Å². The number of hydrogen-bond donors (Lipinski definition) is 2. The fraction of sp³-hybridized carbons (Fsp3) is 0.571. The quantitative estimate of drug-likeness (QED) is 0.868. The van der Waals surface area contributed by atoms with Gasteiger partial charge in [-0.2, -0.15) is 10.1 Å².